The summed E-state index contributed by atoms with van der Waals surface area (Å²) in [5.74, 6) is -0.363. The maximum atomic E-state index is 13.9. The van der Waals surface area contributed by atoms with E-state index in [-0.39, 0.29) is 5.82 Å². The normalized spacial score (nSPS) is 17.9. The molecule has 1 unspecified atom stereocenters. The quantitative estimate of drug-likeness (QED) is 0.860. The number of nitriles is 1. The molecule has 3 rings (SSSR count). The molecule has 1 aromatic carbocycles. The molecule has 2 aromatic rings. The molecule has 1 aromatic heterocycles. The minimum Gasteiger partial charge on any atom is -0.388 e. The molecule has 21 heavy (non-hydrogen) atoms. The number of aromatic nitrogens is 1. The predicted molar refractivity (Wildman–Crippen MR) is 77.2 cm³/mol. The van der Waals surface area contributed by atoms with Crippen molar-refractivity contribution in [3.63, 3.8) is 0 Å². The van der Waals surface area contributed by atoms with Gasteiger partial charge in [0.15, 0.2) is 0 Å². The third-order valence-corrected chi connectivity index (χ3v) is 4.07. The van der Waals surface area contributed by atoms with Crippen molar-refractivity contribution in [3.8, 4) is 6.07 Å². The Balaban J connectivity index is 1.86. The Morgan fingerprint density at radius 1 is 1.33 bits per heavy atom. The van der Waals surface area contributed by atoms with Gasteiger partial charge in [0.25, 0.3) is 0 Å². The first kappa shape index (κ1) is 13.8. The van der Waals surface area contributed by atoms with Gasteiger partial charge >= 0.3 is 0 Å². The van der Waals surface area contributed by atoms with Gasteiger partial charge in [-0.05, 0) is 37.0 Å². The molecule has 0 bridgehead atoms. The number of aliphatic hydroxyl groups is 1. The van der Waals surface area contributed by atoms with Gasteiger partial charge in [0, 0.05) is 30.1 Å². The van der Waals surface area contributed by atoms with Crippen molar-refractivity contribution in [1.29, 1.82) is 5.26 Å². The van der Waals surface area contributed by atoms with E-state index in [9.17, 15) is 9.50 Å². The minimum absolute atomic E-state index is 0.329. The molecule has 1 aliphatic carbocycles. The Hall–Kier alpha value is -2.12. The molecule has 0 saturated heterocycles. The van der Waals surface area contributed by atoms with Crippen molar-refractivity contribution in [1.82, 2.24) is 4.57 Å². The Morgan fingerprint density at radius 3 is 2.95 bits per heavy atom. The molecular formula is C17H17FN2O. The van der Waals surface area contributed by atoms with Crippen LogP contribution in [-0.2, 0) is 13.0 Å². The number of benzene rings is 1. The fourth-order valence-corrected chi connectivity index (χ4v) is 2.92. The molecule has 0 amide bonds. The van der Waals surface area contributed by atoms with Gasteiger partial charge in [-0.1, -0.05) is 12.5 Å². The second kappa shape index (κ2) is 5.71. The molecule has 1 N–H and O–H groups in total. The topological polar surface area (TPSA) is 49.0 Å². The van der Waals surface area contributed by atoms with Crippen LogP contribution in [0.25, 0.3) is 0 Å². The summed E-state index contributed by atoms with van der Waals surface area (Å²) in [5.41, 5.74) is 3.01. The van der Waals surface area contributed by atoms with Gasteiger partial charge in [-0.2, -0.15) is 5.26 Å². The third kappa shape index (κ3) is 2.84. The average Bonchev–Trinajstić information content (AvgIpc) is 2.81. The van der Waals surface area contributed by atoms with Crippen LogP contribution in [0.15, 0.2) is 30.6 Å². The third-order valence-electron chi connectivity index (χ3n) is 4.07. The van der Waals surface area contributed by atoms with E-state index in [1.165, 1.54) is 6.07 Å². The maximum absolute atomic E-state index is 13.9. The van der Waals surface area contributed by atoms with Gasteiger partial charge in [0.1, 0.15) is 5.82 Å². The lowest BCUT2D eigenvalue weighted by molar-refractivity contribution is 0.166. The molecule has 108 valence electrons. The highest BCUT2D eigenvalue weighted by molar-refractivity contribution is 5.34. The van der Waals surface area contributed by atoms with Gasteiger partial charge in [0.2, 0.25) is 0 Å². The molecular weight excluding hydrogens is 267 g/mol. The van der Waals surface area contributed by atoms with Crippen molar-refractivity contribution in [2.45, 2.75) is 38.3 Å². The molecule has 0 radical (unpaired) electrons. The Labute approximate surface area is 123 Å². The molecule has 1 aliphatic rings. The zero-order valence-corrected chi connectivity index (χ0v) is 11.7. The van der Waals surface area contributed by atoms with Crippen LogP contribution < -0.4 is 0 Å². The second-order valence-electron chi connectivity index (χ2n) is 5.59. The first-order valence-corrected chi connectivity index (χ1v) is 7.22. The minimum atomic E-state index is -0.408. The summed E-state index contributed by atoms with van der Waals surface area (Å²) in [7, 11) is 0. The van der Waals surface area contributed by atoms with E-state index in [0.717, 1.165) is 36.8 Å². The first-order chi connectivity index (χ1) is 10.2. The van der Waals surface area contributed by atoms with E-state index >= 15 is 0 Å². The summed E-state index contributed by atoms with van der Waals surface area (Å²) in [6.45, 7) is 0.414. The van der Waals surface area contributed by atoms with E-state index < -0.39 is 6.10 Å². The van der Waals surface area contributed by atoms with Crippen molar-refractivity contribution in [3.05, 3.63) is 58.7 Å². The van der Waals surface area contributed by atoms with E-state index in [2.05, 4.69) is 0 Å². The lowest BCUT2D eigenvalue weighted by atomic mass is 10.1. The number of aliphatic hydroxyl groups excluding tert-OH is 1. The lowest BCUT2D eigenvalue weighted by Crippen LogP contribution is -2.01. The number of halogens is 1. The van der Waals surface area contributed by atoms with Crippen LogP contribution in [0.4, 0.5) is 4.39 Å². The fourth-order valence-electron chi connectivity index (χ4n) is 2.92. The summed E-state index contributed by atoms with van der Waals surface area (Å²) in [5, 5.41) is 18.9. The molecule has 0 saturated carbocycles. The second-order valence-corrected chi connectivity index (χ2v) is 5.59. The Bertz CT molecular complexity index is 699. The predicted octanol–water partition coefficient (Wildman–Crippen LogP) is 3.31. The van der Waals surface area contributed by atoms with Crippen LogP contribution in [0.3, 0.4) is 0 Å². The highest BCUT2D eigenvalue weighted by Crippen LogP contribution is 2.29. The molecule has 0 aliphatic heterocycles. The standard InChI is InChI=1S/C17H17FN2O/c18-16-7-12(8-19)5-6-14(16)10-20-9-13-3-1-2-4-17(21)15(13)11-20/h5-7,9,11,17,21H,1-4,10H2. The number of aryl methyl sites for hydroxylation is 1. The van der Waals surface area contributed by atoms with E-state index in [4.69, 9.17) is 5.26 Å². The van der Waals surface area contributed by atoms with E-state index in [0.29, 0.717) is 17.7 Å². The molecule has 0 spiro atoms. The van der Waals surface area contributed by atoms with E-state index in [1.54, 1.807) is 12.1 Å². The lowest BCUT2D eigenvalue weighted by Gasteiger charge is -2.07. The largest absolute Gasteiger partial charge is 0.388 e. The zero-order chi connectivity index (χ0) is 14.8. The number of fused-ring (bicyclic) bond motifs is 1. The fraction of sp³-hybridized carbons (Fsp3) is 0.353. The van der Waals surface area contributed by atoms with Crippen LogP contribution in [0.2, 0.25) is 0 Å². The van der Waals surface area contributed by atoms with Gasteiger partial charge in [0.05, 0.1) is 17.7 Å². The number of rotatable bonds is 2. The number of nitrogens with zero attached hydrogens (tertiary/aromatic N) is 2. The van der Waals surface area contributed by atoms with Crippen LogP contribution in [0.1, 0.15) is 47.6 Å². The molecule has 4 heteroatoms. The van der Waals surface area contributed by atoms with Crippen LogP contribution in [0.5, 0.6) is 0 Å². The summed E-state index contributed by atoms with van der Waals surface area (Å²) in [6.07, 6.45) is 7.40. The summed E-state index contributed by atoms with van der Waals surface area (Å²) in [6, 6.07) is 6.47. The SMILES string of the molecule is N#Cc1ccc(Cn2cc3c(c2)C(O)CCCC3)c(F)c1. The molecule has 0 fully saturated rings. The highest BCUT2D eigenvalue weighted by atomic mass is 19.1. The monoisotopic (exact) mass is 284 g/mol. The smallest absolute Gasteiger partial charge is 0.129 e. The summed E-state index contributed by atoms with van der Waals surface area (Å²) in [4.78, 5) is 0. The van der Waals surface area contributed by atoms with Crippen LogP contribution in [-0.4, -0.2) is 9.67 Å². The Morgan fingerprint density at radius 2 is 2.19 bits per heavy atom. The van der Waals surface area contributed by atoms with E-state index in [1.807, 2.05) is 23.0 Å². The first-order valence-electron chi connectivity index (χ1n) is 7.22. The van der Waals surface area contributed by atoms with Gasteiger partial charge in [-0.3, -0.25) is 0 Å². The van der Waals surface area contributed by atoms with Crippen LogP contribution in [0, 0.1) is 17.1 Å². The van der Waals surface area contributed by atoms with Crippen LogP contribution >= 0.6 is 0 Å². The van der Waals surface area contributed by atoms with Crippen molar-refractivity contribution < 1.29 is 9.50 Å². The maximum Gasteiger partial charge on any atom is 0.129 e. The molecule has 1 heterocycles. The van der Waals surface area contributed by atoms with Gasteiger partial charge < -0.3 is 9.67 Å². The van der Waals surface area contributed by atoms with Crippen molar-refractivity contribution in [2.75, 3.05) is 0 Å². The van der Waals surface area contributed by atoms with Gasteiger partial charge in [-0.15, -0.1) is 0 Å². The summed E-state index contributed by atoms with van der Waals surface area (Å²) < 4.78 is 15.9. The highest BCUT2D eigenvalue weighted by Gasteiger charge is 2.18. The van der Waals surface area contributed by atoms with Crippen molar-refractivity contribution >= 4 is 0 Å². The van der Waals surface area contributed by atoms with Crippen molar-refractivity contribution in [2.24, 2.45) is 0 Å². The number of hydrogen-bond donors (Lipinski definition) is 1. The molecule has 1 atom stereocenters. The summed E-state index contributed by atoms with van der Waals surface area (Å²) >= 11 is 0. The van der Waals surface area contributed by atoms with Gasteiger partial charge in [-0.25, -0.2) is 4.39 Å². The molecule has 3 nitrogen and oxygen atoms in total. The number of hydrogen-bond acceptors (Lipinski definition) is 2. The Kier molecular flexibility index (Phi) is 3.76. The zero-order valence-electron chi connectivity index (χ0n) is 11.7. The average molecular weight is 284 g/mol.